The molecule has 0 saturated carbocycles. The molecule has 0 amide bonds. The van der Waals surface area contributed by atoms with Crippen LogP contribution in [0.15, 0.2) is 69.3 Å². The van der Waals surface area contributed by atoms with Crippen LogP contribution in [0.2, 0.25) is 0 Å². The maximum absolute atomic E-state index is 14.9. The van der Waals surface area contributed by atoms with Crippen LogP contribution in [0, 0.1) is 0 Å². The Bertz CT molecular complexity index is 1750. The SMILES string of the molecule is CNc1ccc(-c2sc3c(c2CN(C)C)c(=O)n(-c2ccc(OC)nn2)c(=O)n3CC2=C(F)CCC=C2F)cc1. The summed E-state index contributed by atoms with van der Waals surface area (Å²) >= 11 is 1.25. The lowest BCUT2D eigenvalue weighted by Crippen LogP contribution is -2.40. The fraction of sp³-hybridized carbons (Fsp3) is 0.286. The molecule has 208 valence electrons. The van der Waals surface area contributed by atoms with E-state index in [0.717, 1.165) is 20.7 Å². The summed E-state index contributed by atoms with van der Waals surface area (Å²) in [6, 6.07) is 10.6. The molecule has 0 aliphatic heterocycles. The molecule has 1 aromatic carbocycles. The summed E-state index contributed by atoms with van der Waals surface area (Å²) < 4.78 is 36.9. The first-order chi connectivity index (χ1) is 19.2. The third-order valence-corrected chi connectivity index (χ3v) is 7.97. The number of aromatic nitrogens is 4. The molecule has 0 bridgehead atoms. The van der Waals surface area contributed by atoms with E-state index in [2.05, 4.69) is 15.5 Å². The first-order valence-corrected chi connectivity index (χ1v) is 13.4. The second-order valence-corrected chi connectivity index (χ2v) is 10.6. The molecule has 0 fully saturated rings. The number of methoxy groups -OCH3 is 1. The number of benzene rings is 1. The predicted molar refractivity (Wildman–Crippen MR) is 153 cm³/mol. The first kappa shape index (κ1) is 27.4. The Hall–Kier alpha value is -4.16. The highest BCUT2D eigenvalue weighted by molar-refractivity contribution is 7.22. The van der Waals surface area contributed by atoms with Crippen LogP contribution in [0.4, 0.5) is 14.5 Å². The predicted octanol–water partition coefficient (Wildman–Crippen LogP) is 4.65. The Morgan fingerprint density at radius 3 is 2.45 bits per heavy atom. The van der Waals surface area contributed by atoms with E-state index in [0.29, 0.717) is 16.9 Å². The molecule has 3 aromatic heterocycles. The number of allylic oxidation sites excluding steroid dienone is 4. The Morgan fingerprint density at radius 1 is 1.10 bits per heavy atom. The molecule has 4 aromatic rings. The van der Waals surface area contributed by atoms with Crippen LogP contribution < -0.4 is 21.3 Å². The number of halogens is 2. The number of fused-ring (bicyclic) bond motifs is 1. The summed E-state index contributed by atoms with van der Waals surface area (Å²) in [5.41, 5.74) is 0.897. The maximum Gasteiger partial charge on any atom is 0.338 e. The lowest BCUT2D eigenvalue weighted by atomic mass is 10.0. The molecule has 1 N–H and O–H groups in total. The summed E-state index contributed by atoms with van der Waals surface area (Å²) in [6.45, 7) is 0.00355. The highest BCUT2D eigenvalue weighted by atomic mass is 32.1. The summed E-state index contributed by atoms with van der Waals surface area (Å²) in [5, 5.41) is 11.3. The van der Waals surface area contributed by atoms with Crippen LogP contribution in [0.1, 0.15) is 18.4 Å². The molecule has 0 unspecified atom stereocenters. The van der Waals surface area contributed by atoms with E-state index in [1.807, 2.05) is 50.3 Å². The van der Waals surface area contributed by atoms with Gasteiger partial charge in [0.1, 0.15) is 16.5 Å². The summed E-state index contributed by atoms with van der Waals surface area (Å²) in [5.74, 6) is -1.15. The van der Waals surface area contributed by atoms with Crippen LogP contribution in [-0.2, 0) is 13.1 Å². The smallest absolute Gasteiger partial charge is 0.338 e. The van der Waals surface area contributed by atoms with Gasteiger partial charge in [0.2, 0.25) is 5.88 Å². The minimum Gasteiger partial charge on any atom is -0.480 e. The Labute approximate surface area is 232 Å². The number of nitrogens with one attached hydrogen (secondary N) is 1. The number of rotatable bonds is 8. The number of ether oxygens (including phenoxy) is 1. The van der Waals surface area contributed by atoms with Crippen molar-refractivity contribution < 1.29 is 13.5 Å². The van der Waals surface area contributed by atoms with Crippen molar-refractivity contribution in [2.45, 2.75) is 25.9 Å². The lowest BCUT2D eigenvalue weighted by Gasteiger charge is -2.16. The second kappa shape index (κ2) is 11.1. The maximum atomic E-state index is 14.9. The van der Waals surface area contributed by atoms with Crippen molar-refractivity contribution in [2.75, 3.05) is 33.6 Å². The first-order valence-electron chi connectivity index (χ1n) is 12.6. The van der Waals surface area contributed by atoms with Crippen LogP contribution >= 0.6 is 11.3 Å². The number of hydrogen-bond acceptors (Lipinski definition) is 8. The van der Waals surface area contributed by atoms with Crippen molar-refractivity contribution in [3.8, 4) is 22.1 Å². The Morgan fingerprint density at radius 2 is 1.85 bits per heavy atom. The topological polar surface area (TPSA) is 94.3 Å². The van der Waals surface area contributed by atoms with Crippen molar-refractivity contribution >= 4 is 27.2 Å². The van der Waals surface area contributed by atoms with E-state index in [4.69, 9.17) is 4.74 Å². The molecule has 3 heterocycles. The van der Waals surface area contributed by atoms with E-state index in [1.54, 1.807) is 0 Å². The third-order valence-electron chi connectivity index (χ3n) is 6.67. The van der Waals surface area contributed by atoms with Crippen molar-refractivity contribution in [3.05, 3.63) is 86.1 Å². The quantitative estimate of drug-likeness (QED) is 0.332. The Balaban J connectivity index is 1.86. The zero-order valence-corrected chi connectivity index (χ0v) is 23.3. The van der Waals surface area contributed by atoms with E-state index in [9.17, 15) is 18.4 Å². The van der Waals surface area contributed by atoms with Crippen LogP contribution in [0.5, 0.6) is 5.88 Å². The van der Waals surface area contributed by atoms with Crippen LogP contribution in [0.3, 0.4) is 0 Å². The average molecular weight is 567 g/mol. The van der Waals surface area contributed by atoms with E-state index in [1.165, 1.54) is 41.2 Å². The van der Waals surface area contributed by atoms with Crippen LogP contribution in [-0.4, -0.2) is 52.5 Å². The van der Waals surface area contributed by atoms with Gasteiger partial charge in [-0.05, 0) is 55.9 Å². The molecule has 9 nitrogen and oxygen atoms in total. The highest BCUT2D eigenvalue weighted by Crippen LogP contribution is 2.39. The summed E-state index contributed by atoms with van der Waals surface area (Å²) in [6.07, 6.45) is 1.60. The highest BCUT2D eigenvalue weighted by Gasteiger charge is 2.26. The van der Waals surface area contributed by atoms with E-state index < -0.39 is 22.9 Å². The molecule has 0 atom stereocenters. The molecular weight excluding hydrogens is 538 g/mol. The van der Waals surface area contributed by atoms with E-state index in [-0.39, 0.29) is 42.0 Å². The van der Waals surface area contributed by atoms with Gasteiger partial charge in [0.25, 0.3) is 5.56 Å². The molecular formula is C28H28F2N6O3S. The largest absolute Gasteiger partial charge is 0.480 e. The van der Waals surface area contributed by atoms with Crippen molar-refractivity contribution in [1.29, 1.82) is 0 Å². The molecule has 0 radical (unpaired) electrons. The van der Waals surface area contributed by atoms with Crippen molar-refractivity contribution in [2.24, 2.45) is 0 Å². The van der Waals surface area contributed by atoms with Gasteiger partial charge < -0.3 is 15.0 Å². The number of hydrogen-bond donors (Lipinski definition) is 1. The van der Waals surface area contributed by atoms with Crippen molar-refractivity contribution in [3.63, 3.8) is 0 Å². The zero-order chi connectivity index (χ0) is 28.6. The Kier molecular flexibility index (Phi) is 7.63. The second-order valence-electron chi connectivity index (χ2n) is 9.57. The van der Waals surface area contributed by atoms with Gasteiger partial charge >= 0.3 is 5.69 Å². The van der Waals surface area contributed by atoms with Gasteiger partial charge in [0.05, 0.1) is 19.0 Å². The van der Waals surface area contributed by atoms with Crippen LogP contribution in [0.25, 0.3) is 26.5 Å². The standard InChI is InChI=1S/C28H28F2N6O3S/c1-31-17-10-8-16(9-11-17)25-19(14-34(2)3)24-26(37)36(22-12-13-23(39-4)33-32-22)28(38)35(27(24)40-25)15-18-20(29)6-5-7-21(18)30/h6,8-13,31H,5,7,14-15H2,1-4H3. The number of thiophene rings is 1. The van der Waals surface area contributed by atoms with Gasteiger partial charge in [-0.3, -0.25) is 9.36 Å². The average Bonchev–Trinajstić information content (AvgIpc) is 3.31. The summed E-state index contributed by atoms with van der Waals surface area (Å²) in [4.78, 5) is 31.1. The van der Waals surface area contributed by atoms with Gasteiger partial charge in [-0.15, -0.1) is 21.5 Å². The minimum absolute atomic E-state index is 0.0255. The number of anilines is 1. The van der Waals surface area contributed by atoms with Gasteiger partial charge in [-0.1, -0.05) is 12.1 Å². The zero-order valence-electron chi connectivity index (χ0n) is 22.5. The molecule has 40 heavy (non-hydrogen) atoms. The molecule has 1 aliphatic rings. The molecule has 0 saturated heterocycles. The van der Waals surface area contributed by atoms with Gasteiger partial charge in [0, 0.05) is 42.2 Å². The minimum atomic E-state index is -0.773. The van der Waals surface area contributed by atoms with E-state index >= 15 is 0 Å². The lowest BCUT2D eigenvalue weighted by molar-refractivity contribution is 0.391. The monoisotopic (exact) mass is 566 g/mol. The number of nitrogens with zero attached hydrogens (tertiary/aromatic N) is 5. The van der Waals surface area contributed by atoms with Gasteiger partial charge in [-0.2, -0.15) is 0 Å². The molecule has 12 heteroatoms. The van der Waals surface area contributed by atoms with Crippen molar-refractivity contribution in [1.82, 2.24) is 24.2 Å². The summed E-state index contributed by atoms with van der Waals surface area (Å²) in [7, 11) is 7.00. The fourth-order valence-electron chi connectivity index (χ4n) is 4.69. The molecule has 0 spiro atoms. The fourth-order valence-corrected chi connectivity index (χ4v) is 5.99. The molecule has 1 aliphatic carbocycles. The third kappa shape index (κ3) is 4.95. The van der Waals surface area contributed by atoms with Gasteiger partial charge in [-0.25, -0.2) is 18.1 Å². The molecule has 5 rings (SSSR count). The normalized spacial score (nSPS) is 13.7. The van der Waals surface area contributed by atoms with Gasteiger partial charge in [0.15, 0.2) is 5.82 Å².